The average molecular weight is 227 g/mol. The molecule has 2 rings (SSSR count). The summed E-state index contributed by atoms with van der Waals surface area (Å²) in [6, 6.07) is 3.70. The van der Waals surface area contributed by atoms with E-state index in [4.69, 9.17) is 0 Å². The summed E-state index contributed by atoms with van der Waals surface area (Å²) in [5.41, 5.74) is 0.124. The van der Waals surface area contributed by atoms with E-state index in [-0.39, 0.29) is 0 Å². The van der Waals surface area contributed by atoms with Gasteiger partial charge in [-0.1, -0.05) is 0 Å². The number of hydrogen-bond acceptors (Lipinski definition) is 2. The van der Waals surface area contributed by atoms with Crippen LogP contribution in [-0.2, 0) is 6.18 Å². The molecule has 1 aromatic carbocycles. The smallest absolute Gasteiger partial charge is 0.166 e. The third-order valence-corrected chi connectivity index (χ3v) is 2.04. The van der Waals surface area contributed by atoms with Crippen LogP contribution in [0.3, 0.4) is 0 Å². The van der Waals surface area contributed by atoms with E-state index >= 15 is 0 Å². The molecule has 0 amide bonds. The van der Waals surface area contributed by atoms with E-state index in [0.29, 0.717) is 11.3 Å². The molecule has 0 unspecified atom stereocenters. The number of rotatable bonds is 1. The second-order valence-electron chi connectivity index (χ2n) is 3.37. The van der Waals surface area contributed by atoms with E-state index in [1.165, 1.54) is 12.4 Å². The van der Waals surface area contributed by atoms with E-state index in [1.54, 1.807) is 13.0 Å². The summed E-state index contributed by atoms with van der Waals surface area (Å²) >= 11 is 0. The highest BCUT2D eigenvalue weighted by molar-refractivity contribution is 5.39. The molecule has 0 aliphatic heterocycles. The number of aromatic nitrogens is 3. The highest BCUT2D eigenvalue weighted by Crippen LogP contribution is 2.31. The Morgan fingerprint density at radius 2 is 1.69 bits per heavy atom. The molecule has 0 saturated carbocycles. The minimum atomic E-state index is -4.35. The van der Waals surface area contributed by atoms with Crippen molar-refractivity contribution in [2.75, 3.05) is 0 Å². The van der Waals surface area contributed by atoms with Gasteiger partial charge in [0, 0.05) is 0 Å². The lowest BCUT2D eigenvalue weighted by molar-refractivity contribution is -0.137. The Kier molecular flexibility index (Phi) is 2.41. The van der Waals surface area contributed by atoms with Crippen molar-refractivity contribution in [2.24, 2.45) is 0 Å². The topological polar surface area (TPSA) is 30.7 Å². The highest BCUT2D eigenvalue weighted by atomic mass is 19.4. The second-order valence-corrected chi connectivity index (χ2v) is 3.37. The third-order valence-electron chi connectivity index (χ3n) is 2.04. The summed E-state index contributed by atoms with van der Waals surface area (Å²) in [7, 11) is 0. The largest absolute Gasteiger partial charge is 0.416 e. The van der Waals surface area contributed by atoms with Gasteiger partial charge in [0.15, 0.2) is 0 Å². The Morgan fingerprint density at radius 3 is 2.25 bits per heavy atom. The Bertz CT molecular complexity index is 489. The molecule has 0 radical (unpaired) electrons. The standard InChI is InChI=1S/C10H8F3N3/c1-7-4-8(10(11,12)13)6-9(5-7)16-14-2-3-15-16/h2-6H,1H3. The molecule has 0 bridgehead atoms. The monoisotopic (exact) mass is 227 g/mol. The van der Waals surface area contributed by atoms with Crippen molar-refractivity contribution >= 4 is 0 Å². The van der Waals surface area contributed by atoms with Gasteiger partial charge >= 0.3 is 6.18 Å². The number of benzene rings is 1. The predicted molar refractivity (Wildman–Crippen MR) is 51.1 cm³/mol. The van der Waals surface area contributed by atoms with Gasteiger partial charge in [0.2, 0.25) is 0 Å². The van der Waals surface area contributed by atoms with E-state index in [0.717, 1.165) is 16.9 Å². The van der Waals surface area contributed by atoms with E-state index in [9.17, 15) is 13.2 Å². The van der Waals surface area contributed by atoms with Gasteiger partial charge in [-0.15, -0.1) is 0 Å². The van der Waals surface area contributed by atoms with Crippen LogP contribution in [-0.4, -0.2) is 15.0 Å². The molecular weight excluding hydrogens is 219 g/mol. The summed E-state index contributed by atoms with van der Waals surface area (Å²) < 4.78 is 37.6. The van der Waals surface area contributed by atoms with Crippen molar-refractivity contribution in [3.8, 4) is 5.69 Å². The molecule has 0 N–H and O–H groups in total. The number of aryl methyl sites for hydroxylation is 1. The molecule has 3 nitrogen and oxygen atoms in total. The zero-order valence-electron chi connectivity index (χ0n) is 8.36. The first-order chi connectivity index (χ1) is 7.47. The van der Waals surface area contributed by atoms with Gasteiger partial charge in [-0.2, -0.15) is 28.2 Å². The van der Waals surface area contributed by atoms with Crippen molar-refractivity contribution < 1.29 is 13.2 Å². The first-order valence-corrected chi connectivity index (χ1v) is 4.52. The quantitative estimate of drug-likeness (QED) is 0.749. The first kappa shape index (κ1) is 10.7. The molecule has 1 heterocycles. The van der Waals surface area contributed by atoms with Crippen LogP contribution in [0.5, 0.6) is 0 Å². The third kappa shape index (κ3) is 2.05. The van der Waals surface area contributed by atoms with Crippen molar-refractivity contribution in [3.63, 3.8) is 0 Å². The summed E-state index contributed by atoms with van der Waals surface area (Å²) in [5, 5.41) is 7.58. The lowest BCUT2D eigenvalue weighted by Gasteiger charge is -2.09. The Hall–Kier alpha value is -1.85. The maximum Gasteiger partial charge on any atom is 0.416 e. The number of halogens is 3. The van der Waals surface area contributed by atoms with Crippen LogP contribution < -0.4 is 0 Å². The maximum atomic E-state index is 12.5. The molecule has 0 fully saturated rings. The molecule has 0 saturated heterocycles. The molecule has 0 atom stereocenters. The predicted octanol–water partition coefficient (Wildman–Crippen LogP) is 2.59. The van der Waals surface area contributed by atoms with Crippen LogP contribution in [0, 0.1) is 6.92 Å². The second kappa shape index (κ2) is 3.62. The van der Waals surface area contributed by atoms with Gasteiger partial charge in [-0.25, -0.2) is 0 Å². The van der Waals surface area contributed by atoms with Crippen molar-refractivity contribution in [2.45, 2.75) is 13.1 Å². The zero-order valence-corrected chi connectivity index (χ0v) is 8.36. The van der Waals surface area contributed by atoms with E-state index in [1.807, 2.05) is 0 Å². The van der Waals surface area contributed by atoms with Gasteiger partial charge in [-0.05, 0) is 30.7 Å². The molecule has 1 aromatic heterocycles. The Morgan fingerprint density at radius 1 is 1.06 bits per heavy atom. The summed E-state index contributed by atoms with van der Waals surface area (Å²) in [6.07, 6.45) is -1.53. The maximum absolute atomic E-state index is 12.5. The van der Waals surface area contributed by atoms with Crippen molar-refractivity contribution in [3.05, 3.63) is 41.7 Å². The van der Waals surface area contributed by atoms with Gasteiger partial charge in [-0.3, -0.25) is 0 Å². The van der Waals surface area contributed by atoms with Crippen LogP contribution in [0.1, 0.15) is 11.1 Å². The average Bonchev–Trinajstić information content (AvgIpc) is 2.68. The Labute approximate surface area is 89.5 Å². The number of alkyl halides is 3. The molecule has 0 spiro atoms. The van der Waals surface area contributed by atoms with Gasteiger partial charge in [0.05, 0.1) is 23.6 Å². The molecular formula is C10H8F3N3. The first-order valence-electron chi connectivity index (χ1n) is 4.52. The fraction of sp³-hybridized carbons (Fsp3) is 0.200. The summed E-state index contributed by atoms with van der Waals surface area (Å²) in [5.74, 6) is 0. The van der Waals surface area contributed by atoms with Gasteiger partial charge in [0.25, 0.3) is 0 Å². The molecule has 16 heavy (non-hydrogen) atoms. The van der Waals surface area contributed by atoms with Crippen LogP contribution >= 0.6 is 0 Å². The molecule has 84 valence electrons. The normalized spacial score (nSPS) is 11.8. The summed E-state index contributed by atoms with van der Waals surface area (Å²) in [4.78, 5) is 1.16. The molecule has 0 aliphatic rings. The van der Waals surface area contributed by atoms with Gasteiger partial charge in [0.1, 0.15) is 0 Å². The fourth-order valence-corrected chi connectivity index (χ4v) is 1.39. The van der Waals surface area contributed by atoms with Crippen LogP contribution in [0.15, 0.2) is 30.6 Å². The molecule has 0 aliphatic carbocycles. The fourth-order valence-electron chi connectivity index (χ4n) is 1.39. The number of nitrogens with zero attached hydrogens (tertiary/aromatic N) is 3. The van der Waals surface area contributed by atoms with E-state index in [2.05, 4.69) is 10.2 Å². The molecule has 6 heteroatoms. The molecule has 2 aromatic rings. The minimum Gasteiger partial charge on any atom is -0.166 e. The lowest BCUT2D eigenvalue weighted by Crippen LogP contribution is -2.08. The highest BCUT2D eigenvalue weighted by Gasteiger charge is 2.31. The van der Waals surface area contributed by atoms with Crippen molar-refractivity contribution in [1.82, 2.24) is 15.0 Å². The van der Waals surface area contributed by atoms with Gasteiger partial charge < -0.3 is 0 Å². The minimum absolute atomic E-state index is 0.303. The van der Waals surface area contributed by atoms with Crippen LogP contribution in [0.25, 0.3) is 5.69 Å². The van der Waals surface area contributed by atoms with Crippen LogP contribution in [0.4, 0.5) is 13.2 Å². The SMILES string of the molecule is Cc1cc(-n2nccn2)cc(C(F)(F)F)c1. The number of hydrogen-bond donors (Lipinski definition) is 0. The lowest BCUT2D eigenvalue weighted by atomic mass is 10.1. The van der Waals surface area contributed by atoms with Crippen molar-refractivity contribution in [1.29, 1.82) is 0 Å². The summed E-state index contributed by atoms with van der Waals surface area (Å²) in [6.45, 7) is 1.60. The van der Waals surface area contributed by atoms with E-state index < -0.39 is 11.7 Å². The van der Waals surface area contributed by atoms with Crippen LogP contribution in [0.2, 0.25) is 0 Å². The Balaban J connectivity index is 2.53. The zero-order chi connectivity index (χ0) is 11.8.